The van der Waals surface area contributed by atoms with Gasteiger partial charge >= 0.3 is 0 Å². The summed E-state index contributed by atoms with van der Waals surface area (Å²) in [5.74, 6) is -2.24. The van der Waals surface area contributed by atoms with E-state index in [4.69, 9.17) is 11.6 Å². The molecule has 3 amide bonds. The Balaban J connectivity index is 1.38. The molecule has 0 aromatic heterocycles. The number of hydrogen-bond donors (Lipinski definition) is 1. The molecule has 7 rings (SSSR count). The monoisotopic (exact) mass is 653 g/mol. The number of anilines is 1. The molecule has 2 fully saturated rings. The largest absolute Gasteiger partial charge is 0.394 e. The number of hydrogen-bond acceptors (Lipinski definition) is 5. The molecule has 0 aliphatic carbocycles. The molecule has 4 aliphatic rings. The van der Waals surface area contributed by atoms with Gasteiger partial charge in [0.15, 0.2) is 0 Å². The number of nitrogens with zero attached hydrogens (tertiary/aromatic N) is 3. The van der Waals surface area contributed by atoms with Crippen molar-refractivity contribution >= 4 is 46.8 Å². The van der Waals surface area contributed by atoms with Gasteiger partial charge in [0.05, 0.1) is 39.9 Å². The first-order valence-electron chi connectivity index (χ1n) is 15.6. The van der Waals surface area contributed by atoms with Crippen LogP contribution in [0.3, 0.4) is 0 Å². The zero-order valence-corrected chi connectivity index (χ0v) is 27.3. The third-order valence-corrected chi connectivity index (χ3v) is 12.0. The van der Waals surface area contributed by atoms with E-state index in [1.54, 1.807) is 15.9 Å². The van der Waals surface area contributed by atoms with E-state index in [0.717, 1.165) is 16.7 Å². The van der Waals surface area contributed by atoms with Gasteiger partial charge in [-0.3, -0.25) is 14.4 Å². The number of likely N-dealkylation sites (tertiary alicyclic amines) is 1. The van der Waals surface area contributed by atoms with Crippen LogP contribution < -0.4 is 4.90 Å². The zero-order chi connectivity index (χ0) is 32.2. The summed E-state index contributed by atoms with van der Waals surface area (Å²) in [4.78, 5) is 49.8. The number of halogens is 1. The minimum absolute atomic E-state index is 0.108. The predicted octanol–water partition coefficient (Wildman–Crippen LogP) is 5.57. The second-order valence-electron chi connectivity index (χ2n) is 12.7. The predicted molar refractivity (Wildman–Crippen MR) is 181 cm³/mol. The summed E-state index contributed by atoms with van der Waals surface area (Å²) < 4.78 is -1.80. The van der Waals surface area contributed by atoms with E-state index < -0.39 is 33.4 Å². The lowest BCUT2D eigenvalue weighted by molar-refractivity contribution is -0.145. The van der Waals surface area contributed by atoms with Crippen LogP contribution in [0.2, 0.25) is 5.02 Å². The van der Waals surface area contributed by atoms with E-state index in [1.807, 2.05) is 110 Å². The summed E-state index contributed by atoms with van der Waals surface area (Å²) in [5.41, 5.74) is 3.16. The van der Waals surface area contributed by atoms with Gasteiger partial charge in [-0.2, -0.15) is 0 Å². The first kappa shape index (κ1) is 30.8. The lowest BCUT2D eigenvalue weighted by Crippen LogP contribution is -2.54. The third kappa shape index (κ3) is 4.72. The number of thioether (sulfide) groups is 1. The van der Waals surface area contributed by atoms with Crippen LogP contribution in [0.4, 0.5) is 5.69 Å². The number of carbonyl (C=O) groups is 3. The molecule has 236 valence electrons. The van der Waals surface area contributed by atoms with Crippen molar-refractivity contribution in [3.63, 3.8) is 0 Å². The van der Waals surface area contributed by atoms with Crippen LogP contribution in [0.25, 0.3) is 0 Å². The van der Waals surface area contributed by atoms with E-state index in [9.17, 15) is 9.90 Å². The molecule has 3 aromatic carbocycles. The molecular formula is C37H36ClN3O4S. The Morgan fingerprint density at radius 2 is 1.57 bits per heavy atom. The SMILES string of the molecule is Cc1cccc(Cl)c1N1CC=C[C@]23S[C@@]4(C)C=CCN(Cc5ccccc5)C(=O)[C@H]4[C@H]2C(=O)N([C@H](CO)c2ccccc2)C3C1=O. The fourth-order valence-electron chi connectivity index (χ4n) is 7.99. The van der Waals surface area contributed by atoms with Crippen molar-refractivity contribution in [1.82, 2.24) is 9.80 Å². The van der Waals surface area contributed by atoms with Gasteiger partial charge in [0.2, 0.25) is 11.8 Å². The highest BCUT2D eigenvalue weighted by Gasteiger charge is 2.74. The summed E-state index contributed by atoms with van der Waals surface area (Å²) in [5, 5.41) is 11.3. The van der Waals surface area contributed by atoms with Crippen molar-refractivity contribution in [1.29, 1.82) is 0 Å². The van der Waals surface area contributed by atoms with Gasteiger partial charge in [0, 0.05) is 24.4 Å². The molecule has 6 atom stereocenters. The third-order valence-electron chi connectivity index (χ3n) is 9.95. The highest BCUT2D eigenvalue weighted by molar-refractivity contribution is 8.02. The number of amides is 3. The van der Waals surface area contributed by atoms with Crippen LogP contribution in [0.5, 0.6) is 0 Å². The first-order chi connectivity index (χ1) is 22.2. The Bertz CT molecular complexity index is 1730. The fraction of sp³-hybridized carbons (Fsp3) is 0.324. The highest BCUT2D eigenvalue weighted by atomic mass is 35.5. The molecule has 0 bridgehead atoms. The number of para-hydroxylation sites is 1. The Hall–Kier alpha value is -3.85. The van der Waals surface area contributed by atoms with Crippen molar-refractivity contribution in [3.8, 4) is 0 Å². The number of aliphatic hydroxyl groups is 1. The van der Waals surface area contributed by atoms with Crippen molar-refractivity contribution in [2.45, 2.75) is 42.0 Å². The molecule has 3 aromatic rings. The van der Waals surface area contributed by atoms with Crippen LogP contribution in [0, 0.1) is 18.8 Å². The molecule has 2 saturated heterocycles. The number of benzene rings is 3. The molecular weight excluding hydrogens is 618 g/mol. The maximum atomic E-state index is 15.1. The van der Waals surface area contributed by atoms with Gasteiger partial charge in [0.1, 0.15) is 6.04 Å². The summed E-state index contributed by atoms with van der Waals surface area (Å²) in [6.45, 7) is 4.66. The second-order valence-corrected chi connectivity index (χ2v) is 14.9. The highest BCUT2D eigenvalue weighted by Crippen LogP contribution is 2.66. The minimum Gasteiger partial charge on any atom is -0.394 e. The standard InChI is InChI=1S/C37H36ClN3O4S/c1-24-12-9-17-27(38)31(24)40-21-11-19-37-30(34(44)41(32(37)35(40)45)28(23-42)26-15-7-4-8-16-26)29-33(43)39(20-10-18-36(29,2)46-37)22-25-13-5-3-6-14-25/h3-19,28-30,32,42H,20-23H2,1-2H3/t28-,29-,30+,32?,36+,37+/m1/s1. The molecule has 1 unspecified atom stereocenters. The Morgan fingerprint density at radius 3 is 2.26 bits per heavy atom. The van der Waals surface area contributed by atoms with E-state index >= 15 is 9.59 Å². The quantitative estimate of drug-likeness (QED) is 0.352. The first-order valence-corrected chi connectivity index (χ1v) is 16.8. The molecule has 0 radical (unpaired) electrons. The molecule has 46 heavy (non-hydrogen) atoms. The van der Waals surface area contributed by atoms with Gasteiger partial charge < -0.3 is 19.8 Å². The van der Waals surface area contributed by atoms with Gasteiger partial charge in [-0.1, -0.05) is 109 Å². The Kier molecular flexibility index (Phi) is 7.86. The minimum atomic E-state index is -1.06. The van der Waals surface area contributed by atoms with E-state index in [1.165, 1.54) is 11.8 Å². The summed E-state index contributed by atoms with van der Waals surface area (Å²) in [6, 6.07) is 22.9. The maximum absolute atomic E-state index is 15.1. The smallest absolute Gasteiger partial charge is 0.251 e. The molecule has 9 heteroatoms. The van der Waals surface area contributed by atoms with Gasteiger partial charge in [0.25, 0.3) is 5.91 Å². The van der Waals surface area contributed by atoms with E-state index in [2.05, 4.69) is 6.08 Å². The summed E-state index contributed by atoms with van der Waals surface area (Å²) in [6.07, 6.45) is 8.02. The summed E-state index contributed by atoms with van der Waals surface area (Å²) in [7, 11) is 0. The second kappa shape index (κ2) is 11.7. The van der Waals surface area contributed by atoms with Crippen molar-refractivity contribution < 1.29 is 19.5 Å². The average Bonchev–Trinajstić information content (AvgIpc) is 3.32. The molecule has 1 spiro atoms. The number of rotatable bonds is 6. The van der Waals surface area contributed by atoms with Gasteiger partial charge in [-0.05, 0) is 36.6 Å². The van der Waals surface area contributed by atoms with Crippen LogP contribution >= 0.6 is 23.4 Å². The van der Waals surface area contributed by atoms with Crippen LogP contribution in [-0.4, -0.2) is 67.9 Å². The maximum Gasteiger partial charge on any atom is 0.251 e. The molecule has 4 heterocycles. The van der Waals surface area contributed by atoms with Crippen molar-refractivity contribution in [2.75, 3.05) is 24.6 Å². The van der Waals surface area contributed by atoms with E-state index in [0.29, 0.717) is 23.8 Å². The molecule has 1 N–H and O–H groups in total. The van der Waals surface area contributed by atoms with E-state index in [-0.39, 0.29) is 30.9 Å². The topological polar surface area (TPSA) is 81.2 Å². The van der Waals surface area contributed by atoms with Crippen LogP contribution in [-0.2, 0) is 20.9 Å². The molecule has 7 nitrogen and oxygen atoms in total. The summed E-state index contributed by atoms with van der Waals surface area (Å²) >= 11 is 8.25. The normalized spacial score (nSPS) is 29.3. The van der Waals surface area contributed by atoms with Crippen molar-refractivity contribution in [2.24, 2.45) is 11.8 Å². The number of fused-ring (bicyclic) bond motifs is 2. The van der Waals surface area contributed by atoms with Crippen LogP contribution in [0.15, 0.2) is 103 Å². The van der Waals surface area contributed by atoms with Gasteiger partial charge in [-0.25, -0.2) is 0 Å². The number of aliphatic hydroxyl groups excluding tert-OH is 1. The zero-order valence-electron chi connectivity index (χ0n) is 25.8. The lowest BCUT2D eigenvalue weighted by Gasteiger charge is -2.40. The van der Waals surface area contributed by atoms with Crippen molar-refractivity contribution in [3.05, 3.63) is 125 Å². The Morgan fingerprint density at radius 1 is 0.870 bits per heavy atom. The number of carbonyl (C=O) groups excluding carboxylic acids is 3. The number of aryl methyl sites for hydroxylation is 1. The average molecular weight is 654 g/mol. The molecule has 4 aliphatic heterocycles. The molecule has 0 saturated carbocycles. The van der Waals surface area contributed by atoms with Crippen LogP contribution in [0.1, 0.15) is 29.7 Å². The van der Waals surface area contributed by atoms with Gasteiger partial charge in [-0.15, -0.1) is 11.8 Å². The Labute approximate surface area is 278 Å². The fourth-order valence-corrected chi connectivity index (χ4v) is 10.5. The lowest BCUT2D eigenvalue weighted by atomic mass is 9.74.